The molecule has 0 spiro atoms. The summed E-state index contributed by atoms with van der Waals surface area (Å²) in [5.74, 6) is 0.680. The molecule has 2 heterocycles. The highest BCUT2D eigenvalue weighted by Gasteiger charge is 2.28. The summed E-state index contributed by atoms with van der Waals surface area (Å²) >= 11 is 6.06. The highest BCUT2D eigenvalue weighted by atomic mass is 35.5. The van der Waals surface area contributed by atoms with Crippen LogP contribution in [0.4, 0.5) is 5.69 Å². The third-order valence-electron chi connectivity index (χ3n) is 5.02. The van der Waals surface area contributed by atoms with Gasteiger partial charge in [0.2, 0.25) is 12.0 Å². The van der Waals surface area contributed by atoms with Gasteiger partial charge in [0.15, 0.2) is 11.5 Å². The van der Waals surface area contributed by atoms with Gasteiger partial charge in [-0.05, 0) is 30.3 Å². The van der Waals surface area contributed by atoms with E-state index in [1.165, 1.54) is 0 Å². The Hall–Kier alpha value is -2.93. The molecule has 2 aliphatic heterocycles. The van der Waals surface area contributed by atoms with E-state index in [-0.39, 0.29) is 25.0 Å². The van der Waals surface area contributed by atoms with Gasteiger partial charge in [-0.2, -0.15) is 0 Å². The van der Waals surface area contributed by atoms with E-state index in [2.05, 4.69) is 10.2 Å². The zero-order valence-electron chi connectivity index (χ0n) is 15.8. The predicted molar refractivity (Wildman–Crippen MR) is 110 cm³/mol. The lowest BCUT2D eigenvalue weighted by Gasteiger charge is -2.36. The number of amides is 2. The van der Waals surface area contributed by atoms with Crippen LogP contribution in [0.1, 0.15) is 0 Å². The highest BCUT2D eigenvalue weighted by Crippen LogP contribution is 2.30. The van der Waals surface area contributed by atoms with Crippen molar-refractivity contribution in [1.29, 1.82) is 0 Å². The summed E-state index contributed by atoms with van der Waals surface area (Å²) in [4.78, 5) is 28.8. The predicted octanol–water partition coefficient (Wildman–Crippen LogP) is 1.94. The molecule has 1 fully saturated rings. The number of para-hydroxylation sites is 2. The molecule has 2 aromatic rings. The van der Waals surface area contributed by atoms with Crippen LogP contribution in [0.25, 0.3) is 0 Å². The van der Waals surface area contributed by atoms with Gasteiger partial charge >= 0.3 is 0 Å². The van der Waals surface area contributed by atoms with Crippen LogP contribution in [0.2, 0.25) is 5.02 Å². The van der Waals surface area contributed by atoms with Gasteiger partial charge in [0.25, 0.3) is 5.91 Å². The van der Waals surface area contributed by atoms with Gasteiger partial charge in [-0.25, -0.2) is 0 Å². The fourth-order valence-corrected chi connectivity index (χ4v) is 3.61. The topological polar surface area (TPSA) is 71.1 Å². The van der Waals surface area contributed by atoms with Crippen LogP contribution >= 0.6 is 11.6 Å². The maximum absolute atomic E-state index is 12.5. The Labute approximate surface area is 174 Å². The second-order valence-corrected chi connectivity index (χ2v) is 7.37. The summed E-state index contributed by atoms with van der Waals surface area (Å²) in [7, 11) is 0. The highest BCUT2D eigenvalue weighted by molar-refractivity contribution is 6.30. The number of anilines is 1. The normalized spacial score (nSPS) is 18.3. The molecule has 1 unspecified atom stereocenters. The van der Waals surface area contributed by atoms with Crippen LogP contribution in [0.3, 0.4) is 0 Å². The molecule has 0 radical (unpaired) electrons. The van der Waals surface area contributed by atoms with Crippen LogP contribution in [0, 0.1) is 0 Å². The van der Waals surface area contributed by atoms with Gasteiger partial charge in [-0.15, -0.1) is 0 Å². The van der Waals surface area contributed by atoms with Crippen molar-refractivity contribution in [3.8, 4) is 11.5 Å². The second-order valence-electron chi connectivity index (χ2n) is 6.93. The average molecular weight is 416 g/mol. The van der Waals surface area contributed by atoms with Crippen LogP contribution < -0.4 is 19.7 Å². The number of piperazine rings is 1. The van der Waals surface area contributed by atoms with Crippen molar-refractivity contribution in [3.05, 3.63) is 53.6 Å². The number of carbonyl (C=O) groups is 2. The molecule has 2 aromatic carbocycles. The Balaban J connectivity index is 1.24. The van der Waals surface area contributed by atoms with Crippen molar-refractivity contribution >= 4 is 29.1 Å². The minimum Gasteiger partial charge on any atom is -0.485 e. The largest absolute Gasteiger partial charge is 0.485 e. The van der Waals surface area contributed by atoms with E-state index in [1.54, 1.807) is 17.0 Å². The van der Waals surface area contributed by atoms with E-state index in [4.69, 9.17) is 21.1 Å². The van der Waals surface area contributed by atoms with Crippen molar-refractivity contribution in [1.82, 2.24) is 10.2 Å². The second kappa shape index (κ2) is 8.61. The fourth-order valence-electron chi connectivity index (χ4n) is 3.42. The lowest BCUT2D eigenvalue weighted by atomic mass is 10.2. The number of fused-ring (bicyclic) bond motifs is 1. The van der Waals surface area contributed by atoms with Gasteiger partial charge in [0, 0.05) is 36.9 Å². The first kappa shape index (κ1) is 19.4. The minimum absolute atomic E-state index is 0.0580. The number of hydrogen-bond acceptors (Lipinski definition) is 5. The summed E-state index contributed by atoms with van der Waals surface area (Å²) < 4.78 is 11.2. The van der Waals surface area contributed by atoms with Crippen molar-refractivity contribution in [2.24, 2.45) is 0 Å². The van der Waals surface area contributed by atoms with Crippen LogP contribution in [0.5, 0.6) is 11.5 Å². The molecule has 1 saturated heterocycles. The zero-order valence-corrected chi connectivity index (χ0v) is 16.6. The molecule has 2 aliphatic rings. The van der Waals surface area contributed by atoms with Crippen LogP contribution in [-0.2, 0) is 9.59 Å². The molecule has 0 aromatic heterocycles. The van der Waals surface area contributed by atoms with Gasteiger partial charge in [0.05, 0.1) is 6.54 Å². The van der Waals surface area contributed by atoms with Crippen LogP contribution in [0.15, 0.2) is 48.5 Å². The Morgan fingerprint density at radius 1 is 1.03 bits per heavy atom. The first-order valence-electron chi connectivity index (χ1n) is 9.54. The standard InChI is InChI=1S/C21H22ClN3O4/c22-15-4-3-5-16(12-15)24-8-10-25(11-9-24)20(26)13-23-21(27)19-14-28-17-6-1-2-7-18(17)29-19/h1-7,12,19H,8-11,13-14H2,(H,23,27). The van der Waals surface area contributed by atoms with Gasteiger partial charge in [-0.1, -0.05) is 29.8 Å². The number of halogens is 1. The maximum atomic E-state index is 12.5. The van der Waals surface area contributed by atoms with E-state index in [1.807, 2.05) is 36.4 Å². The SMILES string of the molecule is O=C(NCC(=O)N1CCN(c2cccc(Cl)c2)CC1)C1COc2ccccc2O1. The van der Waals surface area contributed by atoms with Crippen molar-refractivity contribution in [2.45, 2.75) is 6.10 Å². The molecule has 0 aliphatic carbocycles. The molecule has 152 valence electrons. The van der Waals surface area contributed by atoms with E-state index in [0.717, 1.165) is 18.8 Å². The third-order valence-corrected chi connectivity index (χ3v) is 5.26. The molecular formula is C21H22ClN3O4. The van der Waals surface area contributed by atoms with Crippen molar-refractivity contribution in [3.63, 3.8) is 0 Å². The Bertz CT molecular complexity index is 899. The number of carbonyl (C=O) groups excluding carboxylic acids is 2. The molecule has 1 N–H and O–H groups in total. The molecule has 0 bridgehead atoms. The lowest BCUT2D eigenvalue weighted by molar-refractivity contribution is -0.136. The molecule has 29 heavy (non-hydrogen) atoms. The Morgan fingerprint density at radius 2 is 1.79 bits per heavy atom. The summed E-state index contributed by atoms with van der Waals surface area (Å²) in [6.07, 6.45) is -0.766. The van der Waals surface area contributed by atoms with E-state index < -0.39 is 6.10 Å². The number of benzene rings is 2. The van der Waals surface area contributed by atoms with Gasteiger partial charge in [-0.3, -0.25) is 9.59 Å². The summed E-state index contributed by atoms with van der Waals surface area (Å²) in [5, 5.41) is 3.36. The number of hydrogen-bond donors (Lipinski definition) is 1. The molecule has 7 nitrogen and oxygen atoms in total. The minimum atomic E-state index is -0.766. The lowest BCUT2D eigenvalue weighted by Crippen LogP contribution is -2.52. The average Bonchev–Trinajstić information content (AvgIpc) is 2.77. The molecule has 2 amide bonds. The van der Waals surface area contributed by atoms with E-state index in [9.17, 15) is 9.59 Å². The van der Waals surface area contributed by atoms with Crippen LogP contribution in [-0.4, -0.2) is 62.1 Å². The van der Waals surface area contributed by atoms with Gasteiger partial charge < -0.3 is 24.6 Å². The maximum Gasteiger partial charge on any atom is 0.265 e. The number of rotatable bonds is 4. The summed E-state index contributed by atoms with van der Waals surface area (Å²) in [6, 6.07) is 14.9. The fraction of sp³-hybridized carbons (Fsp3) is 0.333. The summed E-state index contributed by atoms with van der Waals surface area (Å²) in [6.45, 7) is 2.69. The molecule has 0 saturated carbocycles. The number of ether oxygens (including phenoxy) is 2. The first-order chi connectivity index (χ1) is 14.1. The number of nitrogens with zero attached hydrogens (tertiary/aromatic N) is 2. The van der Waals surface area contributed by atoms with E-state index >= 15 is 0 Å². The van der Waals surface area contributed by atoms with Gasteiger partial charge in [0.1, 0.15) is 6.61 Å². The molecule has 1 atom stereocenters. The molecule has 4 rings (SSSR count). The van der Waals surface area contributed by atoms with Crippen molar-refractivity contribution in [2.75, 3.05) is 44.2 Å². The third kappa shape index (κ3) is 4.56. The monoisotopic (exact) mass is 415 g/mol. The summed E-state index contributed by atoms with van der Waals surface area (Å²) in [5.41, 5.74) is 1.05. The smallest absolute Gasteiger partial charge is 0.265 e. The zero-order chi connectivity index (χ0) is 20.2. The molecular weight excluding hydrogens is 394 g/mol. The Kier molecular flexibility index (Phi) is 5.76. The molecule has 8 heteroatoms. The number of nitrogens with one attached hydrogen (secondary N) is 1. The first-order valence-corrected chi connectivity index (χ1v) is 9.92. The Morgan fingerprint density at radius 3 is 2.55 bits per heavy atom. The van der Waals surface area contributed by atoms with E-state index in [0.29, 0.717) is 29.6 Å². The quantitative estimate of drug-likeness (QED) is 0.826. The van der Waals surface area contributed by atoms with Crippen molar-refractivity contribution < 1.29 is 19.1 Å².